The average Bonchev–Trinajstić information content (AvgIpc) is 3.37. The normalized spacial score (nSPS) is 29.9. The fourth-order valence-electron chi connectivity index (χ4n) is 3.36. The topological polar surface area (TPSA) is 54.5 Å². The van der Waals surface area contributed by atoms with E-state index in [1.54, 1.807) is 0 Å². The van der Waals surface area contributed by atoms with E-state index in [1.165, 1.54) is 50.8 Å². The van der Waals surface area contributed by atoms with Gasteiger partial charge in [0.1, 0.15) is 5.82 Å². The average molecular weight is 302 g/mol. The lowest BCUT2D eigenvalue weighted by Crippen LogP contribution is -2.15. The van der Waals surface area contributed by atoms with Crippen molar-refractivity contribution >= 4 is 11.8 Å². The van der Waals surface area contributed by atoms with E-state index < -0.39 is 0 Å². The Kier molecular flexibility index (Phi) is 3.66. The summed E-state index contributed by atoms with van der Waals surface area (Å²) < 4.78 is 2.42. The predicted octanol–water partition coefficient (Wildman–Crippen LogP) is 4.05. The van der Waals surface area contributed by atoms with Gasteiger partial charge in [-0.3, -0.25) is 0 Å². The van der Waals surface area contributed by atoms with Gasteiger partial charge in [0.05, 0.1) is 12.0 Å². The Bertz CT molecular complexity index is 553. The van der Waals surface area contributed by atoms with Gasteiger partial charge >= 0.3 is 0 Å². The van der Waals surface area contributed by atoms with E-state index in [1.807, 2.05) is 11.8 Å². The Labute approximate surface area is 130 Å². The summed E-state index contributed by atoms with van der Waals surface area (Å²) in [4.78, 5) is 0. The van der Waals surface area contributed by atoms with Crippen molar-refractivity contribution in [2.24, 2.45) is 5.92 Å². The first-order valence-corrected chi connectivity index (χ1v) is 9.26. The van der Waals surface area contributed by atoms with E-state index in [0.29, 0.717) is 17.2 Å². The van der Waals surface area contributed by atoms with Crippen molar-refractivity contribution in [1.29, 1.82) is 5.26 Å². The summed E-state index contributed by atoms with van der Waals surface area (Å²) in [5.74, 6) is 2.07. The second-order valence-electron chi connectivity index (χ2n) is 6.75. The highest BCUT2D eigenvalue weighted by Gasteiger charge is 2.37. The molecule has 5 heteroatoms. The summed E-state index contributed by atoms with van der Waals surface area (Å²) in [7, 11) is 0. The van der Waals surface area contributed by atoms with E-state index in [2.05, 4.69) is 20.8 Å². The molecular weight excluding hydrogens is 280 g/mol. The second-order valence-corrected chi connectivity index (χ2v) is 7.95. The molecule has 0 radical (unpaired) electrons. The van der Waals surface area contributed by atoms with Crippen LogP contribution in [0.2, 0.25) is 0 Å². The summed E-state index contributed by atoms with van der Waals surface area (Å²) >= 11 is 1.84. The van der Waals surface area contributed by atoms with E-state index in [9.17, 15) is 5.26 Å². The fourth-order valence-corrected chi connectivity index (χ4v) is 4.72. The molecule has 3 fully saturated rings. The molecular formula is C16H22N4S. The molecule has 0 aromatic carbocycles. The van der Waals surface area contributed by atoms with Crippen LogP contribution in [0.5, 0.6) is 0 Å². The molecule has 1 aromatic heterocycles. The molecule has 0 aliphatic heterocycles. The van der Waals surface area contributed by atoms with Crippen LogP contribution in [-0.2, 0) is 0 Å². The maximum Gasteiger partial charge on any atom is 0.191 e. The lowest BCUT2D eigenvalue weighted by atomic mass is 10.0. The molecule has 3 saturated carbocycles. The molecule has 1 aromatic rings. The first kappa shape index (κ1) is 13.6. The van der Waals surface area contributed by atoms with Gasteiger partial charge in [-0.05, 0) is 38.5 Å². The highest BCUT2D eigenvalue weighted by atomic mass is 32.2. The van der Waals surface area contributed by atoms with Crippen LogP contribution in [0, 0.1) is 17.2 Å². The number of rotatable bonds is 4. The van der Waals surface area contributed by atoms with Crippen LogP contribution in [-0.4, -0.2) is 20.0 Å². The molecule has 3 aliphatic rings. The second kappa shape index (κ2) is 5.64. The van der Waals surface area contributed by atoms with Crippen LogP contribution in [0.3, 0.4) is 0 Å². The molecule has 0 amide bonds. The highest BCUT2D eigenvalue weighted by molar-refractivity contribution is 7.99. The third kappa shape index (κ3) is 2.83. The summed E-state index contributed by atoms with van der Waals surface area (Å²) in [5.41, 5.74) is 0. The van der Waals surface area contributed by atoms with Crippen molar-refractivity contribution in [1.82, 2.24) is 14.8 Å². The quantitative estimate of drug-likeness (QED) is 0.787. The standard InChI is InChI=1S/C16H22N4S/c17-10-12-4-2-1-3-5-14(12)21-16-19-18-15(11-6-7-11)20(16)13-8-9-13/h11-14H,1-9H2. The summed E-state index contributed by atoms with van der Waals surface area (Å²) in [6.07, 6.45) is 11.0. The maximum absolute atomic E-state index is 9.45. The zero-order valence-electron chi connectivity index (χ0n) is 12.4. The zero-order chi connectivity index (χ0) is 14.2. The lowest BCUT2D eigenvalue weighted by Gasteiger charge is -2.18. The van der Waals surface area contributed by atoms with Crippen LogP contribution in [0.25, 0.3) is 0 Å². The van der Waals surface area contributed by atoms with Crippen molar-refractivity contribution in [3.63, 3.8) is 0 Å². The summed E-state index contributed by atoms with van der Waals surface area (Å²) in [5, 5.41) is 19.9. The first-order valence-electron chi connectivity index (χ1n) is 8.38. The Balaban J connectivity index is 1.57. The minimum Gasteiger partial charge on any atom is -0.303 e. The minimum atomic E-state index is 0.186. The van der Waals surface area contributed by atoms with E-state index >= 15 is 0 Å². The number of hydrogen-bond acceptors (Lipinski definition) is 4. The van der Waals surface area contributed by atoms with Gasteiger partial charge < -0.3 is 4.57 Å². The first-order chi connectivity index (χ1) is 10.4. The summed E-state index contributed by atoms with van der Waals surface area (Å²) in [6, 6.07) is 3.19. The molecule has 4 nitrogen and oxygen atoms in total. The van der Waals surface area contributed by atoms with Crippen LogP contribution in [0.15, 0.2) is 5.16 Å². The maximum atomic E-state index is 9.45. The largest absolute Gasteiger partial charge is 0.303 e. The van der Waals surface area contributed by atoms with E-state index in [-0.39, 0.29) is 5.92 Å². The molecule has 0 N–H and O–H groups in total. The smallest absolute Gasteiger partial charge is 0.191 e. The molecule has 0 spiro atoms. The van der Waals surface area contributed by atoms with E-state index in [4.69, 9.17) is 0 Å². The molecule has 0 saturated heterocycles. The van der Waals surface area contributed by atoms with Crippen LogP contribution < -0.4 is 0 Å². The highest BCUT2D eigenvalue weighted by Crippen LogP contribution is 2.47. The van der Waals surface area contributed by atoms with Gasteiger partial charge in [-0.15, -0.1) is 10.2 Å². The van der Waals surface area contributed by atoms with Crippen LogP contribution in [0.4, 0.5) is 0 Å². The Morgan fingerprint density at radius 1 is 1.00 bits per heavy atom. The van der Waals surface area contributed by atoms with Crippen LogP contribution in [0.1, 0.15) is 75.6 Å². The molecule has 112 valence electrons. The van der Waals surface area contributed by atoms with Gasteiger partial charge in [0.25, 0.3) is 0 Å². The predicted molar refractivity (Wildman–Crippen MR) is 82.1 cm³/mol. The van der Waals surface area contributed by atoms with E-state index in [0.717, 1.165) is 18.0 Å². The Morgan fingerprint density at radius 3 is 2.52 bits per heavy atom. The van der Waals surface area contributed by atoms with Gasteiger partial charge in [0.2, 0.25) is 0 Å². The van der Waals surface area contributed by atoms with Gasteiger partial charge in [-0.25, -0.2) is 0 Å². The third-order valence-electron chi connectivity index (χ3n) is 4.92. The molecule has 1 heterocycles. The molecule has 3 aliphatic carbocycles. The number of aromatic nitrogens is 3. The van der Waals surface area contributed by atoms with Crippen molar-refractivity contribution in [2.45, 2.75) is 80.2 Å². The molecule has 2 unspecified atom stereocenters. The van der Waals surface area contributed by atoms with Gasteiger partial charge in [-0.2, -0.15) is 5.26 Å². The third-order valence-corrected chi connectivity index (χ3v) is 6.28. The molecule has 4 rings (SSSR count). The lowest BCUT2D eigenvalue weighted by molar-refractivity contribution is 0.577. The molecule has 0 bridgehead atoms. The fraction of sp³-hybridized carbons (Fsp3) is 0.812. The van der Waals surface area contributed by atoms with Crippen molar-refractivity contribution in [3.8, 4) is 6.07 Å². The van der Waals surface area contributed by atoms with Crippen molar-refractivity contribution < 1.29 is 0 Å². The zero-order valence-corrected chi connectivity index (χ0v) is 13.2. The van der Waals surface area contributed by atoms with Gasteiger partial charge in [0, 0.05) is 17.2 Å². The van der Waals surface area contributed by atoms with Crippen molar-refractivity contribution in [2.75, 3.05) is 0 Å². The van der Waals surface area contributed by atoms with Gasteiger partial charge in [0.15, 0.2) is 5.16 Å². The summed E-state index contributed by atoms with van der Waals surface area (Å²) in [6.45, 7) is 0. The van der Waals surface area contributed by atoms with Crippen molar-refractivity contribution in [3.05, 3.63) is 5.82 Å². The monoisotopic (exact) mass is 302 g/mol. The van der Waals surface area contributed by atoms with Crippen LogP contribution >= 0.6 is 11.8 Å². The SMILES string of the molecule is N#CC1CCCCCC1Sc1nnc(C2CC2)n1C1CC1. The number of nitrogens with zero attached hydrogens (tertiary/aromatic N) is 4. The molecule has 2 atom stereocenters. The Hall–Kier alpha value is -1.02. The number of thioether (sulfide) groups is 1. The molecule has 21 heavy (non-hydrogen) atoms. The number of nitriles is 1. The minimum absolute atomic E-state index is 0.186. The number of hydrogen-bond donors (Lipinski definition) is 0. The Morgan fingerprint density at radius 2 is 1.81 bits per heavy atom. The van der Waals surface area contributed by atoms with Gasteiger partial charge in [-0.1, -0.05) is 31.0 Å².